The minimum absolute atomic E-state index is 0.233. The van der Waals surface area contributed by atoms with Crippen molar-refractivity contribution in [1.29, 1.82) is 0 Å². The average molecular weight is 275 g/mol. The van der Waals surface area contributed by atoms with Crippen LogP contribution in [-0.2, 0) is 12.3 Å². The third kappa shape index (κ3) is 3.99. The van der Waals surface area contributed by atoms with Crippen LogP contribution in [0.15, 0.2) is 16.5 Å². The summed E-state index contributed by atoms with van der Waals surface area (Å²) < 4.78 is 29.5. The van der Waals surface area contributed by atoms with E-state index < -0.39 is 5.76 Å². The van der Waals surface area contributed by atoms with E-state index in [4.69, 9.17) is 4.42 Å². The van der Waals surface area contributed by atoms with Crippen molar-refractivity contribution in [3.05, 3.63) is 23.7 Å². The van der Waals surface area contributed by atoms with Gasteiger partial charge in [-0.1, -0.05) is 18.7 Å². The molecule has 0 amide bonds. The average Bonchev–Trinajstić information content (AvgIpc) is 2.98. The number of hydrogen-bond donors (Lipinski definition) is 1. The Kier molecular flexibility index (Phi) is 4.67. The lowest BCUT2D eigenvalue weighted by Crippen LogP contribution is -2.22. The van der Waals surface area contributed by atoms with E-state index in [1.165, 1.54) is 19.3 Å². The highest BCUT2D eigenvalue weighted by Gasteiger charge is 2.39. The van der Waals surface area contributed by atoms with Gasteiger partial charge in [0.15, 0.2) is 0 Å². The van der Waals surface area contributed by atoms with E-state index in [1.807, 2.05) is 6.07 Å². The van der Waals surface area contributed by atoms with E-state index >= 15 is 0 Å². The van der Waals surface area contributed by atoms with Crippen LogP contribution in [0.5, 0.6) is 0 Å². The Hall–Kier alpha value is -0.550. The van der Waals surface area contributed by atoms with Crippen LogP contribution >= 0.6 is 11.8 Å². The topological polar surface area (TPSA) is 25.2 Å². The summed E-state index contributed by atoms with van der Waals surface area (Å²) in [6.45, 7) is 3.92. The molecular weight excluding hydrogens is 256 g/mol. The maximum atomic E-state index is 12.0. The molecule has 18 heavy (non-hydrogen) atoms. The van der Waals surface area contributed by atoms with Crippen molar-refractivity contribution in [1.82, 2.24) is 5.32 Å². The van der Waals surface area contributed by atoms with Crippen LogP contribution in [0, 0.1) is 5.41 Å². The maximum absolute atomic E-state index is 12.0. The van der Waals surface area contributed by atoms with E-state index in [0.717, 1.165) is 12.3 Å². The first-order chi connectivity index (χ1) is 8.63. The Bertz CT molecular complexity index is 377. The number of furan rings is 1. The van der Waals surface area contributed by atoms with Crippen LogP contribution in [0.2, 0.25) is 0 Å². The number of nitrogens with one attached hydrogen (secondary N) is 1. The molecule has 1 heterocycles. The van der Waals surface area contributed by atoms with Crippen molar-refractivity contribution in [2.45, 2.75) is 44.2 Å². The van der Waals surface area contributed by atoms with Crippen molar-refractivity contribution < 1.29 is 13.2 Å². The molecule has 1 N–H and O–H groups in total. The molecule has 1 aliphatic carbocycles. The predicted octanol–water partition coefficient (Wildman–Crippen LogP) is 4.02. The van der Waals surface area contributed by atoms with Crippen molar-refractivity contribution in [3.8, 4) is 0 Å². The number of halogens is 2. The van der Waals surface area contributed by atoms with Crippen molar-refractivity contribution >= 4 is 11.8 Å². The molecule has 0 spiro atoms. The van der Waals surface area contributed by atoms with Gasteiger partial charge in [0.25, 0.3) is 5.76 Å². The van der Waals surface area contributed by atoms with Gasteiger partial charge >= 0.3 is 0 Å². The second kappa shape index (κ2) is 6.06. The predicted molar refractivity (Wildman–Crippen MR) is 69.7 cm³/mol. The molecule has 1 aliphatic rings. The minimum atomic E-state index is -2.34. The summed E-state index contributed by atoms with van der Waals surface area (Å²) >= 11 is 0.592. The van der Waals surface area contributed by atoms with Crippen LogP contribution in [0.1, 0.15) is 37.7 Å². The summed E-state index contributed by atoms with van der Waals surface area (Å²) in [5, 5.41) is 3.38. The van der Waals surface area contributed by atoms with E-state index in [2.05, 4.69) is 12.2 Å². The quantitative estimate of drug-likeness (QED) is 0.776. The van der Waals surface area contributed by atoms with Crippen molar-refractivity contribution in [3.63, 3.8) is 0 Å². The van der Waals surface area contributed by atoms with Gasteiger partial charge in [0, 0.05) is 6.54 Å². The molecule has 0 atom stereocenters. The van der Waals surface area contributed by atoms with E-state index in [9.17, 15) is 8.78 Å². The zero-order valence-electron chi connectivity index (χ0n) is 10.5. The van der Waals surface area contributed by atoms with Gasteiger partial charge < -0.3 is 9.73 Å². The van der Waals surface area contributed by atoms with Gasteiger partial charge in [-0.2, -0.15) is 8.78 Å². The largest absolute Gasteiger partial charge is 0.464 e. The molecular formula is C13H19F2NOS. The molecule has 0 bridgehead atoms. The monoisotopic (exact) mass is 275 g/mol. The van der Waals surface area contributed by atoms with E-state index in [1.54, 1.807) is 6.07 Å². The lowest BCUT2D eigenvalue weighted by atomic mass is 10.0. The highest BCUT2D eigenvalue weighted by molar-refractivity contribution is 7.98. The first-order valence-corrected chi connectivity index (χ1v) is 7.36. The van der Waals surface area contributed by atoms with Crippen LogP contribution in [0.3, 0.4) is 0 Å². The molecule has 0 aromatic carbocycles. The first-order valence-electron chi connectivity index (χ1n) is 6.32. The Morgan fingerprint density at radius 1 is 1.39 bits per heavy atom. The molecule has 0 radical (unpaired) electrons. The highest BCUT2D eigenvalue weighted by Crippen LogP contribution is 2.47. The summed E-state index contributed by atoms with van der Waals surface area (Å²) in [6.07, 6.45) is 3.84. The fourth-order valence-corrected chi connectivity index (χ4v) is 2.47. The Morgan fingerprint density at radius 3 is 2.72 bits per heavy atom. The smallest absolute Gasteiger partial charge is 0.284 e. The summed E-state index contributed by atoms with van der Waals surface area (Å²) in [4.78, 5) is 0. The number of rotatable bonds is 8. The van der Waals surface area contributed by atoms with Gasteiger partial charge in [-0.3, -0.25) is 0 Å². The maximum Gasteiger partial charge on any atom is 0.284 e. The van der Waals surface area contributed by atoms with E-state index in [0.29, 0.717) is 29.5 Å². The summed E-state index contributed by atoms with van der Waals surface area (Å²) in [6, 6.07) is 3.64. The normalized spacial score (nSPS) is 17.3. The summed E-state index contributed by atoms with van der Waals surface area (Å²) in [5.41, 5.74) is 0.515. The fourth-order valence-electron chi connectivity index (χ4n) is 2.02. The molecule has 1 aromatic rings. The van der Waals surface area contributed by atoms with Crippen molar-refractivity contribution in [2.75, 3.05) is 6.54 Å². The number of alkyl halides is 2. The molecule has 2 nitrogen and oxygen atoms in total. The Morgan fingerprint density at radius 2 is 2.11 bits per heavy atom. The van der Waals surface area contributed by atoms with Gasteiger partial charge in [0.1, 0.15) is 11.5 Å². The Balaban J connectivity index is 1.70. The van der Waals surface area contributed by atoms with Crippen LogP contribution < -0.4 is 5.32 Å². The van der Waals surface area contributed by atoms with Gasteiger partial charge in [0.2, 0.25) is 0 Å². The van der Waals surface area contributed by atoms with Crippen LogP contribution in [-0.4, -0.2) is 12.3 Å². The van der Waals surface area contributed by atoms with Gasteiger partial charge in [-0.25, -0.2) is 0 Å². The second-order valence-corrected chi connectivity index (χ2v) is 5.88. The lowest BCUT2D eigenvalue weighted by molar-refractivity contribution is 0.251. The molecule has 5 heteroatoms. The fraction of sp³-hybridized carbons (Fsp3) is 0.692. The lowest BCUT2D eigenvalue weighted by Gasteiger charge is -2.12. The highest BCUT2D eigenvalue weighted by atomic mass is 32.2. The molecule has 1 fully saturated rings. The third-order valence-corrected chi connectivity index (χ3v) is 4.28. The SMILES string of the molecule is CCC1(CNCc2ccc(CSC(F)F)o2)CC1. The molecule has 0 aliphatic heterocycles. The van der Waals surface area contributed by atoms with Crippen molar-refractivity contribution in [2.24, 2.45) is 5.41 Å². The third-order valence-electron chi connectivity index (χ3n) is 3.58. The van der Waals surface area contributed by atoms with E-state index in [-0.39, 0.29) is 5.75 Å². The molecule has 2 rings (SSSR count). The summed E-state index contributed by atoms with van der Waals surface area (Å²) in [5.74, 6) is -0.659. The Labute approximate surface area is 111 Å². The van der Waals surface area contributed by atoms with Gasteiger partial charge in [-0.15, -0.1) is 0 Å². The zero-order valence-corrected chi connectivity index (χ0v) is 11.4. The van der Waals surface area contributed by atoms with Crippen LogP contribution in [0.4, 0.5) is 8.78 Å². The first kappa shape index (κ1) is 13.9. The molecule has 1 saturated carbocycles. The second-order valence-electron chi connectivity index (χ2n) is 4.90. The number of hydrogen-bond acceptors (Lipinski definition) is 3. The van der Waals surface area contributed by atoms with Gasteiger partial charge in [-0.05, 0) is 36.8 Å². The zero-order chi connectivity index (χ0) is 13.0. The molecule has 0 unspecified atom stereocenters. The molecule has 1 aromatic heterocycles. The summed E-state index contributed by atoms with van der Waals surface area (Å²) in [7, 11) is 0. The van der Waals surface area contributed by atoms with Gasteiger partial charge in [0.05, 0.1) is 12.3 Å². The van der Waals surface area contributed by atoms with Crippen LogP contribution in [0.25, 0.3) is 0 Å². The molecule has 102 valence electrons. The number of thioether (sulfide) groups is 1. The molecule has 0 saturated heterocycles. The standard InChI is InChI=1S/C13H19F2NOS/c1-2-13(5-6-13)9-16-7-10-3-4-11(17-10)8-18-12(14)15/h3-4,12,16H,2,5-9H2,1H3. The minimum Gasteiger partial charge on any atom is -0.464 e.